The first-order valence-electron chi connectivity index (χ1n) is 7.49. The first kappa shape index (κ1) is 16.7. The van der Waals surface area contributed by atoms with E-state index in [1.54, 1.807) is 0 Å². The van der Waals surface area contributed by atoms with Crippen molar-refractivity contribution < 1.29 is 14.3 Å². The zero-order valence-corrected chi connectivity index (χ0v) is 13.6. The molecule has 0 fully saturated rings. The number of carbonyl (C=O) groups is 2. The second-order valence-electron chi connectivity index (χ2n) is 5.43. The number of aromatic nitrogens is 2. The van der Waals surface area contributed by atoms with Crippen molar-refractivity contribution >= 4 is 11.9 Å². The molecule has 0 aliphatic rings. The average Bonchev–Trinajstić information content (AvgIpc) is 2.80. The van der Waals surface area contributed by atoms with Crippen LogP contribution in [-0.2, 0) is 20.7 Å². The lowest BCUT2D eigenvalue weighted by Crippen LogP contribution is -2.30. The van der Waals surface area contributed by atoms with E-state index in [0.29, 0.717) is 6.42 Å². The van der Waals surface area contributed by atoms with Gasteiger partial charge in [-0.05, 0) is 44.9 Å². The molecule has 0 radical (unpaired) electrons. The summed E-state index contributed by atoms with van der Waals surface area (Å²) < 4.78 is 6.83. The maximum atomic E-state index is 11.8. The number of rotatable bonds is 6. The Morgan fingerprint density at radius 2 is 1.91 bits per heavy atom. The molecule has 1 amide bonds. The van der Waals surface area contributed by atoms with Gasteiger partial charge in [-0.3, -0.25) is 9.59 Å². The Labute approximate surface area is 135 Å². The summed E-state index contributed by atoms with van der Waals surface area (Å²) in [5, 5.41) is 4.54. The lowest BCUT2D eigenvalue weighted by Gasteiger charge is -2.09. The van der Waals surface area contributed by atoms with E-state index in [4.69, 9.17) is 10.5 Å². The van der Waals surface area contributed by atoms with E-state index in [9.17, 15) is 9.59 Å². The molecule has 0 aliphatic heterocycles. The van der Waals surface area contributed by atoms with Crippen LogP contribution in [0.25, 0.3) is 5.69 Å². The molecule has 2 N–H and O–H groups in total. The summed E-state index contributed by atoms with van der Waals surface area (Å²) in [7, 11) is 0. The zero-order valence-electron chi connectivity index (χ0n) is 13.6. The molecule has 0 saturated heterocycles. The van der Waals surface area contributed by atoms with Crippen LogP contribution in [-0.4, -0.2) is 27.8 Å². The monoisotopic (exact) mass is 315 g/mol. The fraction of sp³-hybridized carbons (Fsp3) is 0.353. The van der Waals surface area contributed by atoms with Gasteiger partial charge in [0, 0.05) is 12.1 Å². The number of carbonyl (C=O) groups excluding carboxylic acids is 2. The number of hydrogen-bond acceptors (Lipinski definition) is 4. The minimum Gasteiger partial charge on any atom is -0.453 e. The molecule has 0 aliphatic carbocycles. The maximum Gasteiger partial charge on any atom is 0.306 e. The lowest BCUT2D eigenvalue weighted by molar-refractivity contribution is -0.153. The number of hydrogen-bond donors (Lipinski definition) is 1. The molecule has 23 heavy (non-hydrogen) atoms. The van der Waals surface area contributed by atoms with Gasteiger partial charge in [0.15, 0.2) is 6.10 Å². The third kappa shape index (κ3) is 3.97. The van der Waals surface area contributed by atoms with Crippen LogP contribution >= 0.6 is 0 Å². The minimum absolute atomic E-state index is 0.180. The van der Waals surface area contributed by atoms with E-state index < -0.39 is 18.0 Å². The van der Waals surface area contributed by atoms with Crippen LogP contribution in [0.3, 0.4) is 0 Å². The summed E-state index contributed by atoms with van der Waals surface area (Å²) in [5.41, 5.74) is 8.93. The van der Waals surface area contributed by atoms with Gasteiger partial charge in [0.25, 0.3) is 5.91 Å². The van der Waals surface area contributed by atoms with Crippen LogP contribution in [0.2, 0.25) is 0 Å². The topological polar surface area (TPSA) is 87.2 Å². The average molecular weight is 315 g/mol. The van der Waals surface area contributed by atoms with Gasteiger partial charge in [0.05, 0.1) is 11.4 Å². The highest BCUT2D eigenvalue weighted by Gasteiger charge is 2.17. The molecule has 122 valence electrons. The molecule has 1 aromatic heterocycles. The Morgan fingerprint density at radius 1 is 1.26 bits per heavy atom. The molecule has 2 rings (SSSR count). The van der Waals surface area contributed by atoms with Crippen molar-refractivity contribution in [2.45, 2.75) is 39.7 Å². The van der Waals surface area contributed by atoms with Crippen molar-refractivity contribution in [3.8, 4) is 5.69 Å². The van der Waals surface area contributed by atoms with Gasteiger partial charge in [-0.2, -0.15) is 5.10 Å². The van der Waals surface area contributed by atoms with E-state index >= 15 is 0 Å². The van der Waals surface area contributed by atoms with Crippen molar-refractivity contribution in [1.29, 1.82) is 0 Å². The van der Waals surface area contributed by atoms with Crippen molar-refractivity contribution in [3.05, 3.63) is 47.3 Å². The number of esters is 1. The van der Waals surface area contributed by atoms with Crippen LogP contribution in [0.15, 0.2) is 30.3 Å². The number of primary amides is 1. The molecule has 1 aromatic carbocycles. The highest BCUT2D eigenvalue weighted by Crippen LogP contribution is 2.19. The van der Waals surface area contributed by atoms with Crippen molar-refractivity contribution in [1.82, 2.24) is 9.78 Å². The first-order valence-corrected chi connectivity index (χ1v) is 7.49. The second-order valence-corrected chi connectivity index (χ2v) is 5.43. The molecule has 0 spiro atoms. The predicted octanol–water partition coefficient (Wildman–Crippen LogP) is 1.84. The molecular formula is C17H21N3O3. The van der Waals surface area contributed by atoms with Gasteiger partial charge in [0.2, 0.25) is 0 Å². The molecular weight excluding hydrogens is 294 g/mol. The molecule has 1 heterocycles. The molecule has 1 unspecified atom stereocenters. The molecule has 0 bridgehead atoms. The van der Waals surface area contributed by atoms with Crippen LogP contribution in [0.4, 0.5) is 0 Å². The standard InChI is InChI=1S/C17H21N3O3/c1-11-15(9-10-16(21)23-13(3)17(18)22)12(2)20(19-11)14-7-5-4-6-8-14/h4-8,13H,9-10H2,1-3H3,(H2,18,22). The van der Waals surface area contributed by atoms with E-state index in [1.165, 1.54) is 6.92 Å². The van der Waals surface area contributed by atoms with Crippen LogP contribution in [0.5, 0.6) is 0 Å². The first-order chi connectivity index (χ1) is 10.9. The highest BCUT2D eigenvalue weighted by atomic mass is 16.5. The minimum atomic E-state index is -0.906. The smallest absolute Gasteiger partial charge is 0.306 e. The fourth-order valence-electron chi connectivity index (χ4n) is 2.40. The number of amides is 1. The predicted molar refractivity (Wildman–Crippen MR) is 86.1 cm³/mol. The van der Waals surface area contributed by atoms with E-state index in [-0.39, 0.29) is 6.42 Å². The summed E-state index contributed by atoms with van der Waals surface area (Å²) in [6.07, 6.45) is -0.217. The van der Waals surface area contributed by atoms with Gasteiger partial charge in [-0.25, -0.2) is 4.68 Å². The van der Waals surface area contributed by atoms with Gasteiger partial charge < -0.3 is 10.5 Å². The third-order valence-corrected chi connectivity index (χ3v) is 3.73. The normalized spacial score (nSPS) is 12.0. The summed E-state index contributed by atoms with van der Waals surface area (Å²) in [4.78, 5) is 22.7. The highest BCUT2D eigenvalue weighted by molar-refractivity contribution is 5.81. The van der Waals surface area contributed by atoms with Gasteiger partial charge in [0.1, 0.15) is 0 Å². The molecule has 6 nitrogen and oxygen atoms in total. The number of aryl methyl sites for hydroxylation is 1. The van der Waals surface area contributed by atoms with Gasteiger partial charge in [-0.15, -0.1) is 0 Å². The van der Waals surface area contributed by atoms with Crippen LogP contribution in [0, 0.1) is 13.8 Å². The van der Waals surface area contributed by atoms with Gasteiger partial charge >= 0.3 is 5.97 Å². The largest absolute Gasteiger partial charge is 0.453 e. The second kappa shape index (κ2) is 7.09. The maximum absolute atomic E-state index is 11.8. The molecule has 0 saturated carbocycles. The summed E-state index contributed by atoms with van der Waals surface area (Å²) in [6.45, 7) is 5.35. The van der Waals surface area contributed by atoms with Crippen molar-refractivity contribution in [2.75, 3.05) is 0 Å². The SMILES string of the molecule is Cc1nn(-c2ccccc2)c(C)c1CCC(=O)OC(C)C(N)=O. The number of para-hydroxylation sites is 1. The Bertz CT molecular complexity index is 707. The van der Waals surface area contributed by atoms with E-state index in [1.807, 2.05) is 48.9 Å². The number of ether oxygens (including phenoxy) is 1. The summed E-state index contributed by atoms with van der Waals surface area (Å²) >= 11 is 0. The van der Waals surface area contributed by atoms with Crippen LogP contribution in [0.1, 0.15) is 30.3 Å². The Balaban J connectivity index is 2.08. The summed E-state index contributed by atoms with van der Waals surface area (Å²) in [5.74, 6) is -1.09. The third-order valence-electron chi connectivity index (χ3n) is 3.73. The van der Waals surface area contributed by atoms with Crippen molar-refractivity contribution in [2.24, 2.45) is 5.73 Å². The zero-order chi connectivity index (χ0) is 17.0. The quantitative estimate of drug-likeness (QED) is 0.824. The van der Waals surface area contributed by atoms with Gasteiger partial charge in [-0.1, -0.05) is 18.2 Å². The summed E-state index contributed by atoms with van der Waals surface area (Å²) in [6, 6.07) is 9.81. The van der Waals surface area contributed by atoms with E-state index in [0.717, 1.165) is 22.6 Å². The van der Waals surface area contributed by atoms with E-state index in [2.05, 4.69) is 5.10 Å². The van der Waals surface area contributed by atoms with Crippen molar-refractivity contribution in [3.63, 3.8) is 0 Å². The number of nitrogens with zero attached hydrogens (tertiary/aromatic N) is 2. The molecule has 6 heteroatoms. The molecule has 1 atom stereocenters. The molecule has 2 aromatic rings. The number of benzene rings is 1. The lowest BCUT2D eigenvalue weighted by atomic mass is 10.1. The Hall–Kier alpha value is -2.63. The fourth-order valence-corrected chi connectivity index (χ4v) is 2.40. The Kier molecular flexibility index (Phi) is 5.16. The van der Waals surface area contributed by atoms with Crippen LogP contribution < -0.4 is 5.73 Å². The Morgan fingerprint density at radius 3 is 2.52 bits per heavy atom. The number of nitrogens with two attached hydrogens (primary N) is 1.